The maximum absolute atomic E-state index is 11.7. The number of hydrogen-bond acceptors (Lipinski definition) is 3. The molecule has 0 radical (unpaired) electrons. The lowest BCUT2D eigenvalue weighted by atomic mass is 10.3. The van der Waals surface area contributed by atoms with Gasteiger partial charge in [-0.25, -0.2) is 5.10 Å². The first-order valence-electron chi connectivity index (χ1n) is 4.27. The second kappa shape index (κ2) is 3.45. The molecule has 0 fully saturated rings. The Hall–Kier alpha value is -1.91. The minimum Gasteiger partial charge on any atom is -0.330 e. The number of H-pyrrole nitrogens is 1. The van der Waals surface area contributed by atoms with Crippen molar-refractivity contribution in [3.63, 3.8) is 0 Å². The van der Waals surface area contributed by atoms with Gasteiger partial charge < -0.3 is 4.90 Å². The van der Waals surface area contributed by atoms with E-state index in [1.807, 2.05) is 12.2 Å². The van der Waals surface area contributed by atoms with Crippen molar-refractivity contribution in [2.45, 2.75) is 0 Å². The minimum atomic E-state index is -0.305. The van der Waals surface area contributed by atoms with Gasteiger partial charge in [0.15, 0.2) is 0 Å². The van der Waals surface area contributed by atoms with Crippen molar-refractivity contribution in [3.05, 3.63) is 40.3 Å². The van der Waals surface area contributed by atoms with Crippen molar-refractivity contribution >= 4 is 5.91 Å². The van der Waals surface area contributed by atoms with Crippen LogP contribution in [0, 0.1) is 0 Å². The first kappa shape index (κ1) is 8.68. The number of carbonyl (C=O) groups is 1. The van der Waals surface area contributed by atoms with Gasteiger partial charge in [-0.3, -0.25) is 9.59 Å². The molecule has 1 aliphatic rings. The molecule has 2 rings (SSSR count). The molecular formula is C9H9N3O2. The van der Waals surface area contributed by atoms with Crippen molar-refractivity contribution in [1.82, 2.24) is 15.1 Å². The fourth-order valence-corrected chi connectivity index (χ4v) is 1.27. The number of hydrogen-bond donors (Lipinski definition) is 1. The topological polar surface area (TPSA) is 66.1 Å². The lowest BCUT2D eigenvalue weighted by Gasteiger charge is -2.13. The lowest BCUT2D eigenvalue weighted by molar-refractivity contribution is 0.0793. The van der Waals surface area contributed by atoms with Crippen LogP contribution in [0.5, 0.6) is 0 Å². The van der Waals surface area contributed by atoms with Gasteiger partial charge in [-0.1, -0.05) is 12.2 Å². The minimum absolute atomic E-state index is 0.161. The third kappa shape index (κ3) is 1.56. The van der Waals surface area contributed by atoms with Gasteiger partial charge >= 0.3 is 0 Å². The number of aromatic nitrogens is 2. The van der Waals surface area contributed by atoms with E-state index in [1.54, 1.807) is 4.90 Å². The van der Waals surface area contributed by atoms with Gasteiger partial charge in [-0.2, -0.15) is 5.10 Å². The second-order valence-corrected chi connectivity index (χ2v) is 2.99. The van der Waals surface area contributed by atoms with Crippen LogP contribution in [-0.4, -0.2) is 34.1 Å². The normalized spacial score (nSPS) is 14.7. The number of rotatable bonds is 1. The van der Waals surface area contributed by atoms with E-state index in [0.717, 1.165) is 0 Å². The molecule has 5 heteroatoms. The maximum atomic E-state index is 11.7. The molecule has 0 saturated carbocycles. The molecule has 72 valence electrons. The quantitative estimate of drug-likeness (QED) is 0.624. The van der Waals surface area contributed by atoms with E-state index < -0.39 is 0 Å². The Labute approximate surface area is 80.1 Å². The zero-order chi connectivity index (χ0) is 9.97. The average molecular weight is 191 g/mol. The number of nitrogens with zero attached hydrogens (tertiary/aromatic N) is 2. The van der Waals surface area contributed by atoms with Gasteiger partial charge in [0.05, 0.1) is 0 Å². The number of amides is 1. The van der Waals surface area contributed by atoms with Crippen molar-refractivity contribution < 1.29 is 4.79 Å². The summed E-state index contributed by atoms with van der Waals surface area (Å²) in [6.45, 7) is 1.22. The Balaban J connectivity index is 2.18. The molecular weight excluding hydrogens is 182 g/mol. The van der Waals surface area contributed by atoms with Gasteiger partial charge in [-0.15, -0.1) is 0 Å². The molecule has 0 atom stereocenters. The molecule has 0 saturated heterocycles. The summed E-state index contributed by atoms with van der Waals surface area (Å²) in [5.41, 5.74) is -0.0330. The monoisotopic (exact) mass is 191 g/mol. The van der Waals surface area contributed by atoms with Crippen LogP contribution in [-0.2, 0) is 0 Å². The molecule has 0 bridgehead atoms. The maximum Gasteiger partial charge on any atom is 0.274 e. The van der Waals surface area contributed by atoms with Crippen molar-refractivity contribution in [1.29, 1.82) is 0 Å². The van der Waals surface area contributed by atoms with Gasteiger partial charge in [0.2, 0.25) is 0 Å². The highest BCUT2D eigenvalue weighted by molar-refractivity contribution is 5.92. The molecule has 0 unspecified atom stereocenters. The third-order valence-corrected chi connectivity index (χ3v) is 2.00. The zero-order valence-electron chi connectivity index (χ0n) is 7.43. The average Bonchev–Trinajstić information content (AvgIpc) is 2.71. The molecule has 1 N–H and O–H groups in total. The Bertz CT molecular complexity index is 407. The molecule has 2 heterocycles. The van der Waals surface area contributed by atoms with Crippen molar-refractivity contribution in [3.8, 4) is 0 Å². The van der Waals surface area contributed by atoms with Gasteiger partial charge in [0, 0.05) is 19.2 Å². The Morgan fingerprint density at radius 1 is 1.36 bits per heavy atom. The summed E-state index contributed by atoms with van der Waals surface area (Å²) in [5, 5.41) is 5.90. The summed E-state index contributed by atoms with van der Waals surface area (Å²) in [4.78, 5) is 24.0. The number of aromatic amines is 1. The summed E-state index contributed by atoms with van der Waals surface area (Å²) in [5.74, 6) is -0.161. The fourth-order valence-electron chi connectivity index (χ4n) is 1.27. The van der Waals surface area contributed by atoms with Crippen LogP contribution in [0.1, 0.15) is 10.5 Å². The van der Waals surface area contributed by atoms with E-state index in [1.165, 1.54) is 12.1 Å². The molecule has 0 aromatic carbocycles. The first-order chi connectivity index (χ1) is 6.77. The van der Waals surface area contributed by atoms with E-state index in [0.29, 0.717) is 13.1 Å². The van der Waals surface area contributed by atoms with Gasteiger partial charge in [-0.05, 0) is 6.07 Å². The summed E-state index contributed by atoms with van der Waals surface area (Å²) in [7, 11) is 0. The highest BCUT2D eigenvalue weighted by atomic mass is 16.2. The number of nitrogens with one attached hydrogen (secondary N) is 1. The van der Waals surface area contributed by atoms with Gasteiger partial charge in [0.25, 0.3) is 11.5 Å². The van der Waals surface area contributed by atoms with Crippen LogP contribution in [0.2, 0.25) is 0 Å². The van der Waals surface area contributed by atoms with Crippen molar-refractivity contribution in [2.24, 2.45) is 0 Å². The zero-order valence-corrected chi connectivity index (χ0v) is 7.43. The van der Waals surface area contributed by atoms with E-state index in [9.17, 15) is 9.59 Å². The van der Waals surface area contributed by atoms with E-state index >= 15 is 0 Å². The van der Waals surface area contributed by atoms with E-state index in [-0.39, 0.29) is 17.2 Å². The second-order valence-electron chi connectivity index (χ2n) is 2.99. The molecule has 1 aliphatic heterocycles. The predicted molar refractivity (Wildman–Crippen MR) is 49.9 cm³/mol. The molecule has 0 aliphatic carbocycles. The van der Waals surface area contributed by atoms with Crippen LogP contribution in [0.3, 0.4) is 0 Å². The molecule has 5 nitrogen and oxygen atoms in total. The highest BCUT2D eigenvalue weighted by Crippen LogP contribution is 2.04. The lowest BCUT2D eigenvalue weighted by Crippen LogP contribution is -2.29. The van der Waals surface area contributed by atoms with E-state index in [4.69, 9.17) is 0 Å². The predicted octanol–water partition coefficient (Wildman–Crippen LogP) is -0.218. The van der Waals surface area contributed by atoms with Crippen molar-refractivity contribution in [2.75, 3.05) is 13.1 Å². The molecule has 1 aromatic rings. The van der Waals surface area contributed by atoms with Crippen LogP contribution in [0.25, 0.3) is 0 Å². The Morgan fingerprint density at radius 2 is 2.07 bits per heavy atom. The summed E-state index contributed by atoms with van der Waals surface area (Å²) in [6.07, 6.45) is 3.84. The Kier molecular flexibility index (Phi) is 2.14. The van der Waals surface area contributed by atoms with Crippen LogP contribution >= 0.6 is 0 Å². The highest BCUT2D eigenvalue weighted by Gasteiger charge is 2.17. The largest absolute Gasteiger partial charge is 0.330 e. The molecule has 1 aromatic heterocycles. The van der Waals surface area contributed by atoms with Crippen LogP contribution in [0.15, 0.2) is 29.1 Å². The summed E-state index contributed by atoms with van der Waals surface area (Å²) < 4.78 is 0. The summed E-state index contributed by atoms with van der Waals surface area (Å²) >= 11 is 0. The van der Waals surface area contributed by atoms with Crippen LogP contribution < -0.4 is 5.56 Å². The SMILES string of the molecule is O=C(c1ccc(=O)[nH]n1)N1CC=CC1. The first-order valence-corrected chi connectivity index (χ1v) is 4.27. The molecule has 1 amide bonds. The Morgan fingerprint density at radius 3 is 2.64 bits per heavy atom. The van der Waals surface area contributed by atoms with E-state index in [2.05, 4.69) is 10.2 Å². The van der Waals surface area contributed by atoms with Crippen LogP contribution in [0.4, 0.5) is 0 Å². The molecule has 0 spiro atoms. The summed E-state index contributed by atoms with van der Waals surface area (Å²) in [6, 6.07) is 2.73. The standard InChI is InChI=1S/C9H9N3O2/c13-8-4-3-7(10-11-8)9(14)12-5-1-2-6-12/h1-4H,5-6H2,(H,11,13). The smallest absolute Gasteiger partial charge is 0.274 e. The molecule has 14 heavy (non-hydrogen) atoms. The number of carbonyl (C=O) groups excluding carboxylic acids is 1. The fraction of sp³-hybridized carbons (Fsp3) is 0.222. The third-order valence-electron chi connectivity index (χ3n) is 2.00. The van der Waals surface area contributed by atoms with Gasteiger partial charge in [0.1, 0.15) is 5.69 Å².